The van der Waals surface area contributed by atoms with Crippen LogP contribution >= 0.6 is 12.2 Å². The van der Waals surface area contributed by atoms with Gasteiger partial charge in [-0.1, -0.05) is 64.7 Å². The van der Waals surface area contributed by atoms with Crippen molar-refractivity contribution in [2.24, 2.45) is 0 Å². The highest BCUT2D eigenvalue weighted by Gasteiger charge is 1.98. The number of carboxylic acids is 1. The molecule has 0 aliphatic rings. The van der Waals surface area contributed by atoms with Gasteiger partial charge in [-0.3, -0.25) is 0 Å². The number of aliphatic carboxylic acids is 1. The molecule has 0 aromatic rings. The summed E-state index contributed by atoms with van der Waals surface area (Å²) in [6, 6.07) is 0. The molecule has 0 saturated heterocycles. The van der Waals surface area contributed by atoms with E-state index < -0.39 is 5.97 Å². The third kappa shape index (κ3) is 19.3. The molecule has 0 saturated carbocycles. The number of ether oxygens (including phenoxy) is 1. The fraction of sp³-hybridized carbons (Fsp3) is 0.875. The molecule has 0 heterocycles. The standard InChI is InChI=1S/C16H30O3S.H3N/c1-2-3-4-5-6-7-8-9-10-11-14-19-16(20)13-12-15(17)18;/h2-14H2,1H3,(H,17,18);1H3. The van der Waals surface area contributed by atoms with Crippen LogP contribution < -0.4 is 11.3 Å². The summed E-state index contributed by atoms with van der Waals surface area (Å²) in [6.45, 7) is 2.86. The SMILES string of the molecule is CCCCCCCCCCCCOC(=S)CCC(=O)[O-].[NH4+]. The van der Waals surface area contributed by atoms with Gasteiger partial charge in [-0.2, -0.15) is 0 Å². The third-order valence-electron chi connectivity index (χ3n) is 3.29. The van der Waals surface area contributed by atoms with Crippen LogP contribution in [0.4, 0.5) is 0 Å². The summed E-state index contributed by atoms with van der Waals surface area (Å²) < 4.78 is 5.30. The summed E-state index contributed by atoms with van der Waals surface area (Å²) in [7, 11) is 0. The molecule has 126 valence electrons. The van der Waals surface area contributed by atoms with Crippen LogP contribution in [0.5, 0.6) is 0 Å². The van der Waals surface area contributed by atoms with Gasteiger partial charge in [0.15, 0.2) is 5.05 Å². The topological polar surface area (TPSA) is 85.9 Å². The molecular formula is C16H33NO3S. The molecule has 0 aliphatic carbocycles. The van der Waals surface area contributed by atoms with Gasteiger partial charge in [0.05, 0.1) is 6.61 Å². The largest absolute Gasteiger partial charge is 0.550 e. The maximum Gasteiger partial charge on any atom is 0.160 e. The third-order valence-corrected chi connectivity index (χ3v) is 3.62. The first kappa shape index (κ1) is 22.6. The van der Waals surface area contributed by atoms with Crippen molar-refractivity contribution in [2.45, 2.75) is 84.0 Å². The highest BCUT2D eigenvalue weighted by Crippen LogP contribution is 2.10. The van der Waals surface area contributed by atoms with Crippen LogP contribution in [-0.4, -0.2) is 17.6 Å². The van der Waals surface area contributed by atoms with Crippen LogP contribution in [0.15, 0.2) is 0 Å². The van der Waals surface area contributed by atoms with Crippen molar-refractivity contribution in [1.29, 1.82) is 0 Å². The zero-order valence-electron chi connectivity index (χ0n) is 13.8. The van der Waals surface area contributed by atoms with Crippen LogP contribution in [-0.2, 0) is 9.53 Å². The Morgan fingerprint density at radius 3 is 1.86 bits per heavy atom. The molecule has 0 spiro atoms. The Balaban J connectivity index is 0. The van der Waals surface area contributed by atoms with E-state index in [2.05, 4.69) is 6.92 Å². The van der Waals surface area contributed by atoms with Crippen molar-refractivity contribution in [2.75, 3.05) is 6.61 Å². The first-order chi connectivity index (χ1) is 9.66. The van der Waals surface area contributed by atoms with E-state index in [0.717, 1.165) is 12.8 Å². The van der Waals surface area contributed by atoms with Crippen LogP contribution in [0.1, 0.15) is 84.0 Å². The normalized spacial score (nSPS) is 9.95. The Bertz CT molecular complexity index is 260. The van der Waals surface area contributed by atoms with E-state index in [1.807, 2.05) is 0 Å². The average molecular weight is 320 g/mol. The molecule has 0 fully saturated rings. The molecule has 0 aromatic heterocycles. The fourth-order valence-electron chi connectivity index (χ4n) is 2.05. The minimum Gasteiger partial charge on any atom is -0.550 e. The van der Waals surface area contributed by atoms with Crippen molar-refractivity contribution < 1.29 is 14.6 Å². The van der Waals surface area contributed by atoms with Crippen LogP contribution in [0.25, 0.3) is 0 Å². The van der Waals surface area contributed by atoms with Gasteiger partial charge in [-0.25, -0.2) is 0 Å². The average Bonchev–Trinajstić information content (AvgIpc) is 2.42. The summed E-state index contributed by atoms with van der Waals surface area (Å²) in [5.74, 6) is -1.07. The van der Waals surface area contributed by atoms with Gasteiger partial charge < -0.3 is 20.8 Å². The molecular weight excluding hydrogens is 286 g/mol. The predicted octanol–water partition coefficient (Wildman–Crippen LogP) is 4.16. The second-order valence-electron chi connectivity index (χ2n) is 5.27. The number of unbranched alkanes of at least 4 members (excludes halogenated alkanes) is 9. The molecule has 4 N–H and O–H groups in total. The van der Waals surface area contributed by atoms with Crippen molar-refractivity contribution >= 4 is 23.2 Å². The number of hydrogen-bond acceptors (Lipinski definition) is 4. The van der Waals surface area contributed by atoms with Gasteiger partial charge in [-0.05, 0) is 25.1 Å². The van der Waals surface area contributed by atoms with E-state index in [-0.39, 0.29) is 19.0 Å². The van der Waals surface area contributed by atoms with Crippen molar-refractivity contribution in [3.05, 3.63) is 0 Å². The van der Waals surface area contributed by atoms with Gasteiger partial charge in [0.25, 0.3) is 0 Å². The number of thiocarbonyl (C=S) groups is 1. The number of quaternary nitrogens is 1. The molecule has 4 nitrogen and oxygen atoms in total. The summed E-state index contributed by atoms with van der Waals surface area (Å²) in [5.41, 5.74) is 0. The maximum absolute atomic E-state index is 10.2. The van der Waals surface area contributed by atoms with Crippen LogP contribution in [0.2, 0.25) is 0 Å². The van der Waals surface area contributed by atoms with Crippen molar-refractivity contribution in [3.8, 4) is 0 Å². The Labute approximate surface area is 135 Å². The minimum absolute atomic E-state index is 0. The molecule has 0 aromatic carbocycles. The Morgan fingerprint density at radius 1 is 0.905 bits per heavy atom. The lowest BCUT2D eigenvalue weighted by molar-refractivity contribution is -0.305. The van der Waals surface area contributed by atoms with E-state index in [4.69, 9.17) is 17.0 Å². The second kappa shape index (κ2) is 17.4. The number of carbonyl (C=O) groups is 1. The van der Waals surface area contributed by atoms with E-state index in [9.17, 15) is 9.90 Å². The highest BCUT2D eigenvalue weighted by molar-refractivity contribution is 7.80. The highest BCUT2D eigenvalue weighted by atomic mass is 32.1. The minimum atomic E-state index is -1.07. The molecule has 0 amide bonds. The lowest BCUT2D eigenvalue weighted by Gasteiger charge is -2.07. The summed E-state index contributed by atoms with van der Waals surface area (Å²) in [5, 5.41) is 10.6. The number of rotatable bonds is 14. The number of carbonyl (C=O) groups excluding carboxylic acids is 1. The molecule has 0 atom stereocenters. The van der Waals surface area contributed by atoms with Gasteiger partial charge >= 0.3 is 0 Å². The first-order valence-electron chi connectivity index (χ1n) is 8.02. The quantitative estimate of drug-likeness (QED) is 0.385. The lowest BCUT2D eigenvalue weighted by atomic mass is 10.1. The van der Waals surface area contributed by atoms with E-state index in [0.29, 0.717) is 11.7 Å². The smallest absolute Gasteiger partial charge is 0.160 e. The second-order valence-corrected chi connectivity index (χ2v) is 5.73. The van der Waals surface area contributed by atoms with Gasteiger partial charge in [0.1, 0.15) is 0 Å². The van der Waals surface area contributed by atoms with Gasteiger partial charge in [0, 0.05) is 12.4 Å². The number of carboxylic acid groups (broad SMARTS) is 1. The van der Waals surface area contributed by atoms with Crippen molar-refractivity contribution in [3.63, 3.8) is 0 Å². The fourth-order valence-corrected chi connectivity index (χ4v) is 2.24. The van der Waals surface area contributed by atoms with Crippen molar-refractivity contribution in [1.82, 2.24) is 6.15 Å². The Morgan fingerprint density at radius 2 is 1.38 bits per heavy atom. The molecule has 0 aliphatic heterocycles. The predicted molar refractivity (Wildman–Crippen MR) is 90.6 cm³/mol. The summed E-state index contributed by atoms with van der Waals surface area (Å²) >= 11 is 4.93. The number of hydrogen-bond donors (Lipinski definition) is 1. The Hall–Kier alpha value is -0.680. The van der Waals surface area contributed by atoms with E-state index in [1.54, 1.807) is 0 Å². The zero-order chi connectivity index (χ0) is 15.1. The lowest BCUT2D eigenvalue weighted by Crippen LogP contribution is -2.22. The molecule has 5 heteroatoms. The van der Waals surface area contributed by atoms with E-state index in [1.165, 1.54) is 51.4 Å². The van der Waals surface area contributed by atoms with Crippen LogP contribution in [0, 0.1) is 0 Å². The molecule has 0 unspecified atom stereocenters. The van der Waals surface area contributed by atoms with Gasteiger partial charge in [-0.15, -0.1) is 0 Å². The summed E-state index contributed by atoms with van der Waals surface area (Å²) in [6.07, 6.45) is 13.1. The molecule has 0 bridgehead atoms. The van der Waals surface area contributed by atoms with Gasteiger partial charge in [0.2, 0.25) is 0 Å². The molecule has 0 radical (unpaired) electrons. The zero-order valence-corrected chi connectivity index (χ0v) is 14.6. The monoisotopic (exact) mass is 319 g/mol. The van der Waals surface area contributed by atoms with Crippen LogP contribution in [0.3, 0.4) is 0 Å². The summed E-state index contributed by atoms with van der Waals surface area (Å²) in [4.78, 5) is 10.2. The maximum atomic E-state index is 10.2. The van der Waals surface area contributed by atoms with E-state index >= 15 is 0 Å². The first-order valence-corrected chi connectivity index (χ1v) is 8.43. The Kier molecular flexibility index (Phi) is 18.7. The molecule has 21 heavy (non-hydrogen) atoms. The molecule has 0 rings (SSSR count).